The van der Waals surface area contributed by atoms with Crippen LogP contribution in [0.15, 0.2) is 30.6 Å². The molecule has 6 nitrogen and oxygen atoms in total. The van der Waals surface area contributed by atoms with E-state index in [2.05, 4.69) is 9.97 Å². The maximum atomic E-state index is 11.0. The number of benzene rings is 1. The van der Waals surface area contributed by atoms with Crippen molar-refractivity contribution in [3.63, 3.8) is 0 Å². The minimum absolute atomic E-state index is 0.0692. The number of nitro benzene ring substituents is 1. The van der Waals surface area contributed by atoms with Crippen LogP contribution in [0, 0.1) is 10.1 Å². The predicted octanol–water partition coefficient (Wildman–Crippen LogP) is 2.71. The van der Waals surface area contributed by atoms with Gasteiger partial charge in [0.15, 0.2) is 0 Å². The van der Waals surface area contributed by atoms with Gasteiger partial charge in [-0.1, -0.05) is 0 Å². The number of rotatable bonds is 3. The second-order valence-corrected chi connectivity index (χ2v) is 3.72. The van der Waals surface area contributed by atoms with E-state index in [4.69, 9.17) is 16.3 Å². The van der Waals surface area contributed by atoms with Gasteiger partial charge < -0.3 is 4.74 Å². The van der Waals surface area contributed by atoms with E-state index in [0.29, 0.717) is 16.9 Å². The number of nitro groups is 1. The maximum absolute atomic E-state index is 11.0. The molecule has 2 rings (SSSR count). The lowest BCUT2D eigenvalue weighted by Gasteiger charge is -2.05. The lowest BCUT2D eigenvalue weighted by Crippen LogP contribution is -1.94. The summed E-state index contributed by atoms with van der Waals surface area (Å²) in [5.74, 6) is 0.417. The predicted molar refractivity (Wildman–Crippen MR) is 65.7 cm³/mol. The zero-order valence-corrected chi connectivity index (χ0v) is 10.1. The number of methoxy groups -OCH3 is 1. The molecule has 1 heterocycles. The Labute approximate surface area is 107 Å². The Morgan fingerprint density at radius 3 is 2.56 bits per heavy atom. The summed E-state index contributed by atoms with van der Waals surface area (Å²) in [5.41, 5.74) is 0.867. The molecule has 2 aromatic rings. The van der Waals surface area contributed by atoms with Crippen molar-refractivity contribution in [1.82, 2.24) is 9.97 Å². The second kappa shape index (κ2) is 4.97. The van der Waals surface area contributed by atoms with Gasteiger partial charge in [0.2, 0.25) is 5.28 Å². The van der Waals surface area contributed by atoms with Gasteiger partial charge >= 0.3 is 0 Å². The summed E-state index contributed by atoms with van der Waals surface area (Å²) in [4.78, 5) is 18.1. The van der Waals surface area contributed by atoms with Crippen LogP contribution >= 0.6 is 11.6 Å². The molecule has 0 saturated heterocycles. The molecule has 0 aliphatic heterocycles. The summed E-state index contributed by atoms with van der Waals surface area (Å²) >= 11 is 5.57. The van der Waals surface area contributed by atoms with Crippen molar-refractivity contribution >= 4 is 17.3 Å². The Morgan fingerprint density at radius 2 is 2.00 bits per heavy atom. The topological polar surface area (TPSA) is 78.2 Å². The zero-order valence-electron chi connectivity index (χ0n) is 9.33. The zero-order chi connectivity index (χ0) is 13.1. The highest BCUT2D eigenvalue weighted by atomic mass is 35.5. The molecule has 0 atom stereocenters. The second-order valence-electron chi connectivity index (χ2n) is 3.38. The molecule has 18 heavy (non-hydrogen) atoms. The molecule has 92 valence electrons. The van der Waals surface area contributed by atoms with Crippen molar-refractivity contribution in [3.05, 3.63) is 46.0 Å². The molecule has 0 spiro atoms. The molecular weight excluding hydrogens is 258 g/mol. The molecule has 0 radical (unpaired) electrons. The molecule has 0 unspecified atom stereocenters. The summed E-state index contributed by atoms with van der Waals surface area (Å²) in [6, 6.07) is 4.57. The van der Waals surface area contributed by atoms with Crippen LogP contribution in [-0.2, 0) is 0 Å². The average molecular weight is 266 g/mol. The molecule has 0 aliphatic carbocycles. The molecule has 1 aromatic heterocycles. The highest BCUT2D eigenvalue weighted by molar-refractivity contribution is 6.28. The fourth-order valence-electron chi connectivity index (χ4n) is 1.48. The van der Waals surface area contributed by atoms with Crippen LogP contribution in [0.3, 0.4) is 0 Å². The van der Waals surface area contributed by atoms with E-state index < -0.39 is 4.92 Å². The van der Waals surface area contributed by atoms with Crippen LogP contribution in [-0.4, -0.2) is 22.0 Å². The quantitative estimate of drug-likeness (QED) is 0.484. The third kappa shape index (κ3) is 2.38. The lowest BCUT2D eigenvalue weighted by molar-refractivity contribution is -0.384. The average Bonchev–Trinajstić information content (AvgIpc) is 2.39. The van der Waals surface area contributed by atoms with Gasteiger partial charge in [-0.3, -0.25) is 10.1 Å². The normalized spacial score (nSPS) is 10.1. The first-order valence-corrected chi connectivity index (χ1v) is 5.30. The number of halogens is 1. The van der Waals surface area contributed by atoms with E-state index in [-0.39, 0.29) is 11.0 Å². The van der Waals surface area contributed by atoms with Gasteiger partial charge in [-0.2, -0.15) is 0 Å². The first-order chi connectivity index (χ1) is 8.61. The summed E-state index contributed by atoms with van der Waals surface area (Å²) in [5, 5.41) is 11.1. The number of nitrogens with zero attached hydrogens (tertiary/aromatic N) is 3. The summed E-state index contributed by atoms with van der Waals surface area (Å²) < 4.78 is 4.96. The van der Waals surface area contributed by atoms with E-state index in [1.54, 1.807) is 12.1 Å². The lowest BCUT2D eigenvalue weighted by atomic mass is 10.1. The van der Waals surface area contributed by atoms with E-state index >= 15 is 0 Å². The van der Waals surface area contributed by atoms with Crippen LogP contribution in [0.4, 0.5) is 5.69 Å². The standard InChI is InChI=1S/C11H8ClN3O3/c1-18-8-2-3-9(10(4-8)15(16)17)7-5-13-11(12)14-6-7/h2-6H,1H3. The monoisotopic (exact) mass is 265 g/mol. The first-order valence-electron chi connectivity index (χ1n) is 4.92. The highest BCUT2D eigenvalue weighted by Crippen LogP contribution is 2.32. The first kappa shape index (κ1) is 12.3. The van der Waals surface area contributed by atoms with Gasteiger partial charge in [0.1, 0.15) is 5.75 Å². The van der Waals surface area contributed by atoms with Crippen LogP contribution < -0.4 is 4.74 Å². The minimum atomic E-state index is -0.480. The van der Waals surface area contributed by atoms with Gasteiger partial charge in [-0.15, -0.1) is 0 Å². The Balaban J connectivity index is 2.56. The number of ether oxygens (including phenoxy) is 1. The van der Waals surface area contributed by atoms with Crippen LogP contribution in [0.2, 0.25) is 5.28 Å². The maximum Gasteiger partial charge on any atom is 0.281 e. The van der Waals surface area contributed by atoms with E-state index in [1.807, 2.05) is 0 Å². The summed E-state index contributed by atoms with van der Waals surface area (Å²) in [6.45, 7) is 0. The Hall–Kier alpha value is -2.21. The van der Waals surface area contributed by atoms with Gasteiger partial charge in [0.05, 0.1) is 23.7 Å². The van der Waals surface area contributed by atoms with Crippen molar-refractivity contribution in [2.45, 2.75) is 0 Å². The number of hydrogen-bond acceptors (Lipinski definition) is 5. The van der Waals surface area contributed by atoms with E-state index in [1.165, 1.54) is 25.6 Å². The van der Waals surface area contributed by atoms with Crippen molar-refractivity contribution in [3.8, 4) is 16.9 Å². The third-order valence-corrected chi connectivity index (χ3v) is 2.53. The molecule has 1 aromatic carbocycles. The Bertz CT molecular complexity index is 587. The fraction of sp³-hybridized carbons (Fsp3) is 0.0909. The third-order valence-electron chi connectivity index (χ3n) is 2.33. The van der Waals surface area contributed by atoms with Gasteiger partial charge in [0, 0.05) is 18.0 Å². The molecule has 0 saturated carbocycles. The fourth-order valence-corrected chi connectivity index (χ4v) is 1.58. The van der Waals surface area contributed by atoms with Gasteiger partial charge in [-0.05, 0) is 23.7 Å². The largest absolute Gasteiger partial charge is 0.497 e. The van der Waals surface area contributed by atoms with E-state index in [0.717, 1.165) is 0 Å². The highest BCUT2D eigenvalue weighted by Gasteiger charge is 2.17. The summed E-state index contributed by atoms with van der Waals surface area (Å²) in [6.07, 6.45) is 2.87. The van der Waals surface area contributed by atoms with E-state index in [9.17, 15) is 10.1 Å². The molecule has 0 fully saturated rings. The summed E-state index contributed by atoms with van der Waals surface area (Å²) in [7, 11) is 1.45. The molecule has 0 N–H and O–H groups in total. The van der Waals surface area contributed by atoms with Gasteiger partial charge in [-0.25, -0.2) is 9.97 Å². The molecule has 0 bridgehead atoms. The Morgan fingerprint density at radius 1 is 1.33 bits per heavy atom. The number of hydrogen-bond donors (Lipinski definition) is 0. The molecule has 7 heteroatoms. The Kier molecular flexibility index (Phi) is 3.38. The van der Waals surface area contributed by atoms with Crippen molar-refractivity contribution in [2.75, 3.05) is 7.11 Å². The van der Waals surface area contributed by atoms with Crippen LogP contribution in [0.1, 0.15) is 0 Å². The van der Waals surface area contributed by atoms with Crippen LogP contribution in [0.25, 0.3) is 11.1 Å². The smallest absolute Gasteiger partial charge is 0.281 e. The number of aromatic nitrogens is 2. The SMILES string of the molecule is COc1ccc(-c2cnc(Cl)nc2)c([N+](=O)[O-])c1. The van der Waals surface area contributed by atoms with Crippen molar-refractivity contribution < 1.29 is 9.66 Å². The van der Waals surface area contributed by atoms with Crippen molar-refractivity contribution in [1.29, 1.82) is 0 Å². The minimum Gasteiger partial charge on any atom is -0.497 e. The van der Waals surface area contributed by atoms with Crippen LogP contribution in [0.5, 0.6) is 5.75 Å². The molecule has 0 aliphatic rings. The molecular formula is C11H8ClN3O3. The van der Waals surface area contributed by atoms with Crippen molar-refractivity contribution in [2.24, 2.45) is 0 Å². The van der Waals surface area contributed by atoms with Gasteiger partial charge in [0.25, 0.3) is 5.69 Å². The molecule has 0 amide bonds.